The number of likely N-dealkylation sites (N-methyl/N-ethyl adjacent to an activating group) is 1. The molecule has 180 valence electrons. The van der Waals surface area contributed by atoms with Crippen molar-refractivity contribution < 1.29 is 14.4 Å². The molecule has 2 unspecified atom stereocenters. The smallest absolute Gasteiger partial charge is 0.236 e. The van der Waals surface area contributed by atoms with Crippen molar-refractivity contribution in [3.8, 4) is 0 Å². The molecule has 1 amide bonds. The third-order valence-corrected chi connectivity index (χ3v) is 6.89. The van der Waals surface area contributed by atoms with E-state index >= 15 is 0 Å². The Morgan fingerprint density at radius 1 is 0.743 bits per heavy atom. The zero-order valence-corrected chi connectivity index (χ0v) is 20.6. The Morgan fingerprint density at radius 3 is 1.63 bits per heavy atom. The number of benzene rings is 3. The summed E-state index contributed by atoms with van der Waals surface area (Å²) >= 11 is 0. The molecule has 0 aromatic heterocycles. The molecule has 0 spiro atoms. The Balaban J connectivity index is 1.80. The number of Topliss-reactive ketones (excluding diaryl/α,β-unsaturated/α-hetero) is 2. The minimum Gasteiger partial charge on any atom is -0.348 e. The van der Waals surface area contributed by atoms with Crippen molar-refractivity contribution in [3.63, 3.8) is 0 Å². The molecule has 2 atom stereocenters. The number of hydrogen-bond donors (Lipinski definition) is 0. The highest BCUT2D eigenvalue weighted by Crippen LogP contribution is 2.41. The Hall–Kier alpha value is -3.57. The van der Waals surface area contributed by atoms with Crippen LogP contribution in [-0.2, 0) is 4.79 Å². The number of carbonyl (C=O) groups excluding carboxylic acids is 3. The Bertz CT molecular complexity index is 1110. The number of hydrogen-bond acceptors (Lipinski definition) is 4. The molecule has 4 rings (SSSR count). The maximum atomic E-state index is 13.9. The van der Waals surface area contributed by atoms with E-state index in [0.29, 0.717) is 24.2 Å². The lowest BCUT2D eigenvalue weighted by molar-refractivity contribution is -0.130. The number of nitrogens with zero attached hydrogens (tertiary/aromatic N) is 2. The summed E-state index contributed by atoms with van der Waals surface area (Å²) in [5.74, 6) is -1.24. The zero-order valence-electron chi connectivity index (χ0n) is 20.6. The first kappa shape index (κ1) is 24.6. The quantitative estimate of drug-likeness (QED) is 0.480. The number of amides is 1. The molecule has 0 aliphatic carbocycles. The van der Waals surface area contributed by atoms with Crippen molar-refractivity contribution in [1.29, 1.82) is 0 Å². The highest BCUT2D eigenvalue weighted by Gasteiger charge is 2.45. The van der Waals surface area contributed by atoms with Crippen molar-refractivity contribution in [1.82, 2.24) is 9.80 Å². The molecule has 5 nitrogen and oxygen atoms in total. The van der Waals surface area contributed by atoms with Crippen molar-refractivity contribution in [2.45, 2.75) is 12.8 Å². The number of piperidine rings is 1. The zero-order chi connectivity index (χ0) is 24.9. The molecule has 0 saturated carbocycles. The third kappa shape index (κ3) is 5.57. The maximum Gasteiger partial charge on any atom is 0.236 e. The lowest BCUT2D eigenvalue weighted by Crippen LogP contribution is -2.52. The van der Waals surface area contributed by atoms with E-state index in [1.54, 1.807) is 19.0 Å². The van der Waals surface area contributed by atoms with Crippen molar-refractivity contribution in [2.24, 2.45) is 11.8 Å². The fourth-order valence-corrected chi connectivity index (χ4v) is 4.98. The first-order valence-corrected chi connectivity index (χ1v) is 12.0. The van der Waals surface area contributed by atoms with Gasteiger partial charge in [0.2, 0.25) is 5.91 Å². The van der Waals surface area contributed by atoms with E-state index in [-0.39, 0.29) is 29.9 Å². The van der Waals surface area contributed by atoms with Crippen molar-refractivity contribution in [2.75, 3.05) is 33.7 Å². The standard InChI is InChI=1S/C30H32N2O3/c1-21-14-16-22(17-15-21)28-25(29(34)23-10-6-4-7-11-23)18-32(20-27(33)31(2)3)19-26(28)30(35)24-12-8-5-9-13-24/h4-17,25-26,28H,18-20H2,1-3H3. The van der Waals surface area contributed by atoms with Gasteiger partial charge in [-0.05, 0) is 12.5 Å². The summed E-state index contributed by atoms with van der Waals surface area (Å²) in [6.45, 7) is 3.04. The molecule has 5 heteroatoms. The molecular formula is C30H32N2O3. The second kappa shape index (κ2) is 10.8. The lowest BCUT2D eigenvalue weighted by atomic mass is 9.68. The summed E-state index contributed by atoms with van der Waals surface area (Å²) in [5, 5.41) is 0. The van der Waals surface area contributed by atoms with Crippen LogP contribution in [0.3, 0.4) is 0 Å². The predicted octanol–water partition coefficient (Wildman–Crippen LogP) is 4.48. The largest absolute Gasteiger partial charge is 0.348 e. The number of ketones is 2. The fourth-order valence-electron chi connectivity index (χ4n) is 4.98. The average Bonchev–Trinajstić information content (AvgIpc) is 2.89. The van der Waals surface area contributed by atoms with Crippen LogP contribution in [-0.4, -0.2) is 61.0 Å². The summed E-state index contributed by atoms with van der Waals surface area (Å²) in [6.07, 6.45) is 0. The van der Waals surface area contributed by atoms with Crippen LogP contribution in [0.1, 0.15) is 37.8 Å². The number of carbonyl (C=O) groups is 3. The van der Waals surface area contributed by atoms with Gasteiger partial charge in [-0.2, -0.15) is 0 Å². The van der Waals surface area contributed by atoms with E-state index in [9.17, 15) is 14.4 Å². The first-order chi connectivity index (χ1) is 16.8. The second-order valence-electron chi connectivity index (χ2n) is 9.59. The van der Waals surface area contributed by atoms with Gasteiger partial charge in [0.05, 0.1) is 6.54 Å². The molecule has 0 N–H and O–H groups in total. The van der Waals surface area contributed by atoms with E-state index in [4.69, 9.17) is 0 Å². The molecule has 1 heterocycles. The molecule has 35 heavy (non-hydrogen) atoms. The van der Waals surface area contributed by atoms with Crippen LogP contribution in [0.5, 0.6) is 0 Å². The van der Waals surface area contributed by atoms with Gasteiger partial charge in [-0.1, -0.05) is 90.5 Å². The van der Waals surface area contributed by atoms with E-state index in [2.05, 4.69) is 0 Å². The molecule has 0 radical (unpaired) electrons. The van der Waals surface area contributed by atoms with E-state index in [1.807, 2.05) is 96.8 Å². The van der Waals surface area contributed by atoms with Crippen molar-refractivity contribution >= 4 is 17.5 Å². The molecule has 1 fully saturated rings. The van der Waals surface area contributed by atoms with Crippen LogP contribution >= 0.6 is 0 Å². The minimum absolute atomic E-state index is 0.00374. The normalized spacial score (nSPS) is 20.3. The molecular weight excluding hydrogens is 436 g/mol. The van der Waals surface area contributed by atoms with Crippen LogP contribution in [0.25, 0.3) is 0 Å². The summed E-state index contributed by atoms with van der Waals surface area (Å²) in [7, 11) is 3.45. The Kier molecular flexibility index (Phi) is 7.57. The van der Waals surface area contributed by atoms with E-state index in [0.717, 1.165) is 11.1 Å². The monoisotopic (exact) mass is 468 g/mol. The number of likely N-dealkylation sites (tertiary alicyclic amines) is 1. The van der Waals surface area contributed by atoms with Gasteiger partial charge in [0.15, 0.2) is 11.6 Å². The highest BCUT2D eigenvalue weighted by molar-refractivity contribution is 6.02. The SMILES string of the molecule is Cc1ccc(C2C(C(=O)c3ccccc3)CN(CC(=O)N(C)C)CC2C(=O)c2ccccc2)cc1. The molecule has 3 aromatic carbocycles. The molecule has 1 aliphatic rings. The molecule has 3 aromatic rings. The van der Waals surface area contributed by atoms with Gasteiger partial charge in [0.25, 0.3) is 0 Å². The Labute approximate surface area is 207 Å². The summed E-state index contributed by atoms with van der Waals surface area (Å²) in [5.41, 5.74) is 3.36. The maximum absolute atomic E-state index is 13.9. The van der Waals surface area contributed by atoms with Gasteiger partial charge in [-0.3, -0.25) is 19.3 Å². The van der Waals surface area contributed by atoms with E-state index < -0.39 is 11.8 Å². The molecule has 0 bridgehead atoms. The van der Waals surface area contributed by atoms with Crippen LogP contribution in [0, 0.1) is 18.8 Å². The number of aryl methyl sites for hydroxylation is 1. The number of rotatable bonds is 7. The van der Waals surface area contributed by atoms with E-state index in [1.165, 1.54) is 0 Å². The van der Waals surface area contributed by atoms with Crippen LogP contribution in [0.4, 0.5) is 0 Å². The lowest BCUT2D eigenvalue weighted by Gasteiger charge is -2.43. The Morgan fingerprint density at radius 2 is 1.20 bits per heavy atom. The predicted molar refractivity (Wildman–Crippen MR) is 138 cm³/mol. The van der Waals surface area contributed by atoms with Gasteiger partial charge in [-0.25, -0.2) is 0 Å². The van der Waals surface area contributed by atoms with Gasteiger partial charge >= 0.3 is 0 Å². The van der Waals surface area contributed by atoms with Gasteiger partial charge in [0, 0.05) is 56.1 Å². The topological polar surface area (TPSA) is 57.7 Å². The minimum atomic E-state index is -0.457. The highest BCUT2D eigenvalue weighted by atomic mass is 16.2. The summed E-state index contributed by atoms with van der Waals surface area (Å²) in [6, 6.07) is 26.7. The molecule has 1 saturated heterocycles. The summed E-state index contributed by atoms with van der Waals surface area (Å²) in [4.78, 5) is 43.9. The second-order valence-corrected chi connectivity index (χ2v) is 9.59. The first-order valence-electron chi connectivity index (χ1n) is 12.0. The van der Waals surface area contributed by atoms with Crippen LogP contribution in [0.15, 0.2) is 84.9 Å². The van der Waals surface area contributed by atoms with Crippen LogP contribution < -0.4 is 0 Å². The average molecular weight is 469 g/mol. The summed E-state index contributed by atoms with van der Waals surface area (Å²) < 4.78 is 0. The fraction of sp³-hybridized carbons (Fsp3) is 0.300. The van der Waals surface area contributed by atoms with Crippen LogP contribution in [0.2, 0.25) is 0 Å². The third-order valence-electron chi connectivity index (χ3n) is 6.89. The van der Waals surface area contributed by atoms with Gasteiger partial charge in [0.1, 0.15) is 0 Å². The molecule has 1 aliphatic heterocycles. The van der Waals surface area contributed by atoms with Crippen molar-refractivity contribution in [3.05, 3.63) is 107 Å². The van der Waals surface area contributed by atoms with Gasteiger partial charge < -0.3 is 4.90 Å². The van der Waals surface area contributed by atoms with Gasteiger partial charge in [-0.15, -0.1) is 0 Å².